The number of hydrogen-bond donors (Lipinski definition) is 1. The minimum Gasteiger partial charge on any atom is -0.493 e. The Morgan fingerprint density at radius 2 is 2.12 bits per heavy atom. The predicted molar refractivity (Wildman–Crippen MR) is 102 cm³/mol. The van der Waals surface area contributed by atoms with Crippen molar-refractivity contribution in [3.63, 3.8) is 0 Å². The Hall–Kier alpha value is -2.45. The lowest BCUT2D eigenvalue weighted by Gasteiger charge is -2.13. The van der Waals surface area contributed by atoms with Crippen LogP contribution in [0.15, 0.2) is 58.4 Å². The maximum absolute atomic E-state index is 5.92. The maximum atomic E-state index is 5.92. The fourth-order valence-electron chi connectivity index (χ4n) is 2.14. The quantitative estimate of drug-likeness (QED) is 0.481. The van der Waals surface area contributed by atoms with Gasteiger partial charge in [0.1, 0.15) is 12.9 Å². The summed E-state index contributed by atoms with van der Waals surface area (Å²) < 4.78 is 14.0. The molecule has 1 aromatic heterocycles. The van der Waals surface area contributed by atoms with E-state index < -0.39 is 0 Å². The second-order valence-corrected chi connectivity index (χ2v) is 6.30. The van der Waals surface area contributed by atoms with Gasteiger partial charge in [-0.2, -0.15) is 14.9 Å². The summed E-state index contributed by atoms with van der Waals surface area (Å²) in [5, 5.41) is 10.7. The van der Waals surface area contributed by atoms with Gasteiger partial charge in [-0.25, -0.2) is 0 Å². The van der Waals surface area contributed by atoms with Crippen LogP contribution in [0, 0.1) is 4.77 Å². The van der Waals surface area contributed by atoms with Crippen molar-refractivity contribution in [1.29, 1.82) is 0 Å². The molecule has 3 rings (SSSR count). The third kappa shape index (κ3) is 4.34. The van der Waals surface area contributed by atoms with Gasteiger partial charge in [0.2, 0.25) is 4.77 Å². The monoisotopic (exact) mass is 418 g/mol. The van der Waals surface area contributed by atoms with E-state index in [1.54, 1.807) is 13.3 Å². The van der Waals surface area contributed by atoms with Gasteiger partial charge in [-0.05, 0) is 51.4 Å². The second-order valence-electron chi connectivity index (χ2n) is 5.06. The van der Waals surface area contributed by atoms with Crippen molar-refractivity contribution in [1.82, 2.24) is 14.9 Å². The molecule has 0 saturated heterocycles. The molecule has 6 nitrogen and oxygen atoms in total. The number of halogens is 1. The van der Waals surface area contributed by atoms with Crippen LogP contribution >= 0.6 is 28.1 Å². The van der Waals surface area contributed by atoms with Gasteiger partial charge in [-0.1, -0.05) is 30.3 Å². The Morgan fingerprint density at radius 1 is 1.32 bits per heavy atom. The van der Waals surface area contributed by atoms with Crippen molar-refractivity contribution in [2.24, 2.45) is 5.10 Å². The van der Waals surface area contributed by atoms with Crippen LogP contribution in [0.4, 0.5) is 0 Å². The van der Waals surface area contributed by atoms with E-state index >= 15 is 0 Å². The Balaban J connectivity index is 1.82. The van der Waals surface area contributed by atoms with Gasteiger partial charge in [0.05, 0.1) is 17.8 Å². The average Bonchev–Trinajstić information content (AvgIpc) is 3.04. The lowest BCUT2D eigenvalue weighted by Crippen LogP contribution is -1.99. The Kier molecular flexibility index (Phi) is 5.62. The number of nitrogens with one attached hydrogen (secondary N) is 1. The van der Waals surface area contributed by atoms with E-state index in [-0.39, 0.29) is 0 Å². The minimum absolute atomic E-state index is 0.421. The topological polar surface area (TPSA) is 64.4 Å². The molecule has 0 aliphatic carbocycles. The molecule has 0 saturated carbocycles. The van der Waals surface area contributed by atoms with Gasteiger partial charge in [0, 0.05) is 0 Å². The Morgan fingerprint density at radius 3 is 2.80 bits per heavy atom. The van der Waals surface area contributed by atoms with Gasteiger partial charge in [0.15, 0.2) is 11.5 Å². The van der Waals surface area contributed by atoms with Crippen molar-refractivity contribution in [2.45, 2.75) is 6.61 Å². The molecule has 0 amide bonds. The number of hydrogen-bond acceptors (Lipinski definition) is 5. The van der Waals surface area contributed by atoms with Crippen LogP contribution in [0.5, 0.6) is 11.5 Å². The zero-order valence-corrected chi connectivity index (χ0v) is 15.8. The van der Waals surface area contributed by atoms with E-state index in [9.17, 15) is 0 Å². The summed E-state index contributed by atoms with van der Waals surface area (Å²) in [4.78, 5) is 0. The standard InChI is InChI=1S/C17H15BrN4O2S/c1-23-15-8-13(9-20-22-11-19-21-17(22)25)7-14(18)16(15)24-10-12-5-3-2-4-6-12/h2-9,11H,10H2,1H3,(H,21,25)/b20-9-. The summed E-state index contributed by atoms with van der Waals surface area (Å²) in [6.45, 7) is 0.452. The lowest BCUT2D eigenvalue weighted by atomic mass is 10.2. The first kappa shape index (κ1) is 17.4. The predicted octanol–water partition coefficient (Wildman–Crippen LogP) is 4.17. The summed E-state index contributed by atoms with van der Waals surface area (Å²) in [5.41, 5.74) is 1.91. The molecule has 0 aliphatic heterocycles. The molecule has 0 spiro atoms. The number of nitrogens with zero attached hydrogens (tertiary/aromatic N) is 3. The highest BCUT2D eigenvalue weighted by molar-refractivity contribution is 9.10. The van der Waals surface area contributed by atoms with E-state index in [4.69, 9.17) is 21.7 Å². The number of H-pyrrole nitrogens is 1. The van der Waals surface area contributed by atoms with Gasteiger partial charge in [0.25, 0.3) is 0 Å². The molecule has 3 aromatic rings. The molecule has 2 aromatic carbocycles. The molecule has 0 atom stereocenters. The number of rotatable bonds is 6. The van der Waals surface area contributed by atoms with E-state index in [1.807, 2.05) is 42.5 Å². The summed E-state index contributed by atoms with van der Waals surface area (Å²) in [6.07, 6.45) is 3.17. The Labute approximate surface area is 158 Å². The SMILES string of the molecule is COc1cc(/C=N\n2cn[nH]c2=S)cc(Br)c1OCc1ccccc1. The first-order valence-corrected chi connectivity index (χ1v) is 8.58. The van der Waals surface area contributed by atoms with Crippen molar-refractivity contribution in [3.05, 3.63) is 69.2 Å². The fraction of sp³-hybridized carbons (Fsp3) is 0.118. The summed E-state index contributed by atoms with van der Waals surface area (Å²) >= 11 is 8.59. The number of ether oxygens (including phenoxy) is 2. The molecular weight excluding hydrogens is 404 g/mol. The van der Waals surface area contributed by atoms with Crippen LogP contribution in [0.1, 0.15) is 11.1 Å². The summed E-state index contributed by atoms with van der Waals surface area (Å²) in [7, 11) is 1.60. The highest BCUT2D eigenvalue weighted by atomic mass is 79.9. The number of aromatic nitrogens is 3. The van der Waals surface area contributed by atoms with Crippen LogP contribution in [0.3, 0.4) is 0 Å². The molecule has 128 valence electrons. The first-order valence-electron chi connectivity index (χ1n) is 7.38. The maximum Gasteiger partial charge on any atom is 0.216 e. The van der Waals surface area contributed by atoms with E-state index in [0.717, 1.165) is 15.6 Å². The zero-order chi connectivity index (χ0) is 17.6. The van der Waals surface area contributed by atoms with Crippen LogP contribution < -0.4 is 9.47 Å². The normalized spacial score (nSPS) is 11.0. The molecular formula is C17H15BrN4O2S. The lowest BCUT2D eigenvalue weighted by molar-refractivity contribution is 0.282. The van der Waals surface area contributed by atoms with Crippen molar-refractivity contribution in [3.8, 4) is 11.5 Å². The van der Waals surface area contributed by atoms with Crippen LogP contribution in [-0.2, 0) is 6.61 Å². The van der Waals surface area contributed by atoms with E-state index in [1.165, 1.54) is 11.0 Å². The largest absolute Gasteiger partial charge is 0.493 e. The highest BCUT2D eigenvalue weighted by Crippen LogP contribution is 2.36. The molecule has 1 heterocycles. The molecule has 0 aliphatic rings. The molecule has 0 fully saturated rings. The number of benzene rings is 2. The summed E-state index contributed by atoms with van der Waals surface area (Å²) in [5.74, 6) is 1.26. The van der Waals surface area contributed by atoms with Gasteiger partial charge in [-0.15, -0.1) is 0 Å². The molecule has 1 N–H and O–H groups in total. The number of methoxy groups -OCH3 is 1. The molecule has 8 heteroatoms. The third-order valence-corrected chi connectivity index (χ3v) is 4.21. The molecule has 0 unspecified atom stereocenters. The smallest absolute Gasteiger partial charge is 0.216 e. The van der Waals surface area contributed by atoms with E-state index in [0.29, 0.717) is 22.9 Å². The van der Waals surface area contributed by atoms with Crippen molar-refractivity contribution in [2.75, 3.05) is 7.11 Å². The van der Waals surface area contributed by atoms with E-state index in [2.05, 4.69) is 31.2 Å². The molecule has 0 radical (unpaired) electrons. The summed E-state index contributed by atoms with van der Waals surface area (Å²) in [6, 6.07) is 13.7. The van der Waals surface area contributed by atoms with Gasteiger partial charge >= 0.3 is 0 Å². The van der Waals surface area contributed by atoms with Gasteiger partial charge < -0.3 is 9.47 Å². The average molecular weight is 419 g/mol. The van der Waals surface area contributed by atoms with Gasteiger partial charge in [-0.3, -0.25) is 5.10 Å². The zero-order valence-electron chi connectivity index (χ0n) is 13.3. The fourth-order valence-corrected chi connectivity index (χ4v) is 2.86. The molecule has 25 heavy (non-hydrogen) atoms. The third-order valence-electron chi connectivity index (χ3n) is 3.34. The first-order chi connectivity index (χ1) is 12.2. The van der Waals surface area contributed by atoms with Crippen molar-refractivity contribution < 1.29 is 9.47 Å². The van der Waals surface area contributed by atoms with Crippen LogP contribution in [-0.4, -0.2) is 28.2 Å². The van der Waals surface area contributed by atoms with Crippen LogP contribution in [0.2, 0.25) is 0 Å². The minimum atomic E-state index is 0.421. The second kappa shape index (κ2) is 8.09. The van der Waals surface area contributed by atoms with Crippen LogP contribution in [0.25, 0.3) is 0 Å². The number of aromatic amines is 1. The molecule has 0 bridgehead atoms. The van der Waals surface area contributed by atoms with Crippen molar-refractivity contribution >= 4 is 34.4 Å². The highest BCUT2D eigenvalue weighted by Gasteiger charge is 2.11. The Bertz CT molecular complexity index is 937.